The number of carbonyl (C=O) groups is 1. The lowest BCUT2D eigenvalue weighted by molar-refractivity contribution is -0.129. The zero-order valence-corrected chi connectivity index (χ0v) is 13.8. The zero-order valence-electron chi connectivity index (χ0n) is 12.1. The summed E-state index contributed by atoms with van der Waals surface area (Å²) in [6.07, 6.45) is 0. The standard InChI is InChI=1S/C15H20N2OS2/c1-11-6-4-5-7-13(11)10-17(3)14(18)12(2)20-15-16-8-9-19-15/h4-7,12H,8-10H2,1-3H3/t12-/m0/s1. The number of nitrogens with zero attached hydrogens (tertiary/aromatic N) is 2. The second-order valence-electron chi connectivity index (χ2n) is 4.88. The number of carbonyl (C=O) groups excluding carboxylic acids is 1. The van der Waals surface area contributed by atoms with Crippen molar-refractivity contribution in [3.63, 3.8) is 0 Å². The molecular formula is C15H20N2OS2. The summed E-state index contributed by atoms with van der Waals surface area (Å²) in [7, 11) is 1.87. The van der Waals surface area contributed by atoms with Crippen LogP contribution in [0.15, 0.2) is 29.3 Å². The van der Waals surface area contributed by atoms with Crippen LogP contribution in [0.25, 0.3) is 0 Å². The fourth-order valence-corrected chi connectivity index (χ4v) is 4.26. The first-order valence-electron chi connectivity index (χ1n) is 6.71. The van der Waals surface area contributed by atoms with E-state index in [9.17, 15) is 4.79 Å². The Bertz CT molecular complexity index is 516. The molecule has 1 aliphatic rings. The molecule has 1 aromatic rings. The Labute approximate surface area is 129 Å². The van der Waals surface area contributed by atoms with Crippen molar-refractivity contribution in [1.82, 2.24) is 4.90 Å². The summed E-state index contributed by atoms with van der Waals surface area (Å²) in [6, 6.07) is 8.20. The van der Waals surface area contributed by atoms with Gasteiger partial charge in [-0.15, -0.1) is 0 Å². The van der Waals surface area contributed by atoms with Crippen molar-refractivity contribution in [3.05, 3.63) is 35.4 Å². The molecule has 1 atom stereocenters. The lowest BCUT2D eigenvalue weighted by Gasteiger charge is -2.22. The molecule has 1 amide bonds. The lowest BCUT2D eigenvalue weighted by atomic mass is 10.1. The average molecular weight is 308 g/mol. The summed E-state index contributed by atoms with van der Waals surface area (Å²) in [6.45, 7) is 5.58. The van der Waals surface area contributed by atoms with E-state index in [-0.39, 0.29) is 11.2 Å². The van der Waals surface area contributed by atoms with E-state index in [1.165, 1.54) is 11.1 Å². The highest BCUT2D eigenvalue weighted by Gasteiger charge is 2.22. The molecule has 1 aliphatic heterocycles. The fourth-order valence-electron chi connectivity index (χ4n) is 2.02. The molecule has 1 heterocycles. The fraction of sp³-hybridized carbons (Fsp3) is 0.467. The monoisotopic (exact) mass is 308 g/mol. The summed E-state index contributed by atoms with van der Waals surface area (Å²) in [5.41, 5.74) is 2.43. The third-order valence-electron chi connectivity index (χ3n) is 3.23. The highest BCUT2D eigenvalue weighted by molar-refractivity contribution is 8.39. The van der Waals surface area contributed by atoms with Gasteiger partial charge in [0.05, 0.1) is 11.8 Å². The summed E-state index contributed by atoms with van der Waals surface area (Å²) in [5.74, 6) is 1.20. The van der Waals surface area contributed by atoms with Crippen LogP contribution < -0.4 is 0 Å². The van der Waals surface area contributed by atoms with Crippen LogP contribution in [0.3, 0.4) is 0 Å². The van der Waals surface area contributed by atoms with E-state index in [1.54, 1.807) is 28.4 Å². The molecule has 0 fully saturated rings. The van der Waals surface area contributed by atoms with Gasteiger partial charge in [0.25, 0.3) is 0 Å². The van der Waals surface area contributed by atoms with E-state index >= 15 is 0 Å². The maximum atomic E-state index is 12.4. The van der Waals surface area contributed by atoms with Gasteiger partial charge in [0.1, 0.15) is 4.38 Å². The Kier molecular flexibility index (Phi) is 5.54. The minimum atomic E-state index is -0.0756. The molecule has 0 aliphatic carbocycles. The van der Waals surface area contributed by atoms with Gasteiger partial charge in [-0.05, 0) is 25.0 Å². The maximum absolute atomic E-state index is 12.4. The van der Waals surface area contributed by atoms with Gasteiger partial charge >= 0.3 is 0 Å². The van der Waals surface area contributed by atoms with Gasteiger partial charge in [-0.2, -0.15) is 0 Å². The maximum Gasteiger partial charge on any atom is 0.235 e. The van der Waals surface area contributed by atoms with Gasteiger partial charge in [-0.1, -0.05) is 47.8 Å². The van der Waals surface area contributed by atoms with Crippen LogP contribution in [0.2, 0.25) is 0 Å². The second-order valence-corrected chi connectivity index (χ2v) is 7.55. The summed E-state index contributed by atoms with van der Waals surface area (Å²) in [4.78, 5) is 18.6. The SMILES string of the molecule is Cc1ccccc1CN(C)C(=O)[C@H](C)SC1=NCCS1. The second kappa shape index (κ2) is 7.18. The van der Waals surface area contributed by atoms with Crippen LogP contribution in [-0.2, 0) is 11.3 Å². The quantitative estimate of drug-likeness (QED) is 0.856. The molecule has 0 spiro atoms. The minimum absolute atomic E-state index is 0.0756. The Morgan fingerprint density at radius 1 is 1.50 bits per heavy atom. The van der Waals surface area contributed by atoms with Gasteiger partial charge in [0, 0.05) is 19.3 Å². The molecular weight excluding hydrogens is 288 g/mol. The van der Waals surface area contributed by atoms with E-state index in [2.05, 4.69) is 24.0 Å². The van der Waals surface area contributed by atoms with Crippen molar-refractivity contribution in [1.29, 1.82) is 0 Å². The first-order valence-corrected chi connectivity index (χ1v) is 8.58. The van der Waals surface area contributed by atoms with Crippen molar-refractivity contribution >= 4 is 33.8 Å². The average Bonchev–Trinajstić information content (AvgIpc) is 2.93. The van der Waals surface area contributed by atoms with E-state index in [1.807, 2.05) is 26.1 Å². The third kappa shape index (κ3) is 4.03. The van der Waals surface area contributed by atoms with E-state index in [0.717, 1.165) is 16.7 Å². The number of benzene rings is 1. The highest BCUT2D eigenvalue weighted by atomic mass is 32.2. The van der Waals surface area contributed by atoms with Crippen LogP contribution in [0.1, 0.15) is 18.1 Å². The van der Waals surface area contributed by atoms with Crippen molar-refractivity contribution < 1.29 is 4.79 Å². The predicted octanol–water partition coefficient (Wildman–Crippen LogP) is 3.18. The molecule has 0 saturated heterocycles. The number of aliphatic imine (C=N–C) groups is 1. The first kappa shape index (κ1) is 15.4. The Balaban J connectivity index is 1.92. The number of amides is 1. The van der Waals surface area contributed by atoms with Gasteiger partial charge in [0.15, 0.2) is 0 Å². The molecule has 1 aromatic carbocycles. The zero-order chi connectivity index (χ0) is 14.5. The van der Waals surface area contributed by atoms with Crippen LogP contribution >= 0.6 is 23.5 Å². The number of hydrogen-bond donors (Lipinski definition) is 0. The first-order chi connectivity index (χ1) is 9.58. The largest absolute Gasteiger partial charge is 0.340 e. The van der Waals surface area contributed by atoms with Gasteiger partial charge in [-0.3, -0.25) is 9.79 Å². The molecule has 0 aromatic heterocycles. The van der Waals surface area contributed by atoms with Crippen LogP contribution in [0.5, 0.6) is 0 Å². The van der Waals surface area contributed by atoms with Gasteiger partial charge < -0.3 is 4.90 Å². The van der Waals surface area contributed by atoms with Crippen LogP contribution in [0, 0.1) is 6.92 Å². The van der Waals surface area contributed by atoms with Crippen molar-refractivity contribution in [2.45, 2.75) is 25.6 Å². The molecule has 3 nitrogen and oxygen atoms in total. The molecule has 0 bridgehead atoms. The molecule has 2 rings (SSSR count). The minimum Gasteiger partial charge on any atom is -0.340 e. The topological polar surface area (TPSA) is 32.7 Å². The van der Waals surface area contributed by atoms with E-state index < -0.39 is 0 Å². The van der Waals surface area contributed by atoms with Crippen LogP contribution in [0.4, 0.5) is 0 Å². The molecule has 5 heteroatoms. The third-order valence-corrected chi connectivity index (χ3v) is 5.52. The Hall–Kier alpha value is -0.940. The summed E-state index contributed by atoms with van der Waals surface area (Å²) in [5, 5.41) is -0.0756. The molecule has 0 radical (unpaired) electrons. The Morgan fingerprint density at radius 3 is 2.90 bits per heavy atom. The molecule has 108 valence electrons. The summed E-state index contributed by atoms with van der Waals surface area (Å²) < 4.78 is 1.05. The highest BCUT2D eigenvalue weighted by Crippen LogP contribution is 2.26. The smallest absolute Gasteiger partial charge is 0.235 e. The van der Waals surface area contributed by atoms with E-state index in [0.29, 0.717) is 6.54 Å². The van der Waals surface area contributed by atoms with Gasteiger partial charge in [-0.25, -0.2) is 0 Å². The van der Waals surface area contributed by atoms with Crippen LogP contribution in [-0.4, -0.2) is 39.8 Å². The van der Waals surface area contributed by atoms with Crippen molar-refractivity contribution in [2.24, 2.45) is 4.99 Å². The molecule has 20 heavy (non-hydrogen) atoms. The summed E-state index contributed by atoms with van der Waals surface area (Å²) >= 11 is 3.33. The van der Waals surface area contributed by atoms with E-state index in [4.69, 9.17) is 0 Å². The lowest BCUT2D eigenvalue weighted by Crippen LogP contribution is -2.33. The molecule has 0 N–H and O–H groups in total. The van der Waals surface area contributed by atoms with Gasteiger partial charge in [0.2, 0.25) is 5.91 Å². The van der Waals surface area contributed by atoms with Crippen molar-refractivity contribution in [3.8, 4) is 0 Å². The molecule has 0 unspecified atom stereocenters. The number of aryl methyl sites for hydroxylation is 1. The Morgan fingerprint density at radius 2 is 2.25 bits per heavy atom. The van der Waals surface area contributed by atoms with Crippen molar-refractivity contribution in [2.75, 3.05) is 19.3 Å². The molecule has 0 saturated carbocycles. The number of hydrogen-bond acceptors (Lipinski definition) is 4. The number of thioether (sulfide) groups is 2. The predicted molar refractivity (Wildman–Crippen MR) is 89.5 cm³/mol. The number of rotatable bonds is 4. The normalized spacial score (nSPS) is 15.8.